The molecular formula is C18H17Cl3N2O3. The van der Waals surface area contributed by atoms with E-state index in [2.05, 4.69) is 24.1 Å². The second kappa shape index (κ2) is 9.21. The van der Waals surface area contributed by atoms with Crippen LogP contribution in [0.2, 0.25) is 15.1 Å². The molecule has 26 heavy (non-hydrogen) atoms. The lowest BCUT2D eigenvalue weighted by Crippen LogP contribution is -2.22. The Bertz CT molecular complexity index is 827. The smallest absolute Gasteiger partial charge is 0.359 e. The van der Waals surface area contributed by atoms with E-state index in [9.17, 15) is 9.59 Å². The molecule has 0 aliphatic carbocycles. The van der Waals surface area contributed by atoms with E-state index in [-0.39, 0.29) is 26.7 Å². The molecule has 1 aromatic heterocycles. The first-order valence-corrected chi connectivity index (χ1v) is 9.03. The number of esters is 1. The van der Waals surface area contributed by atoms with Crippen molar-refractivity contribution >= 4 is 52.4 Å². The van der Waals surface area contributed by atoms with E-state index in [1.165, 1.54) is 6.20 Å². The third-order valence-corrected chi connectivity index (χ3v) is 5.06. The largest absolute Gasteiger partial charge is 0.451 e. The Morgan fingerprint density at radius 1 is 1.19 bits per heavy atom. The van der Waals surface area contributed by atoms with Crippen molar-refractivity contribution in [3.8, 4) is 0 Å². The van der Waals surface area contributed by atoms with Crippen molar-refractivity contribution in [3.63, 3.8) is 0 Å². The second-order valence-electron chi connectivity index (χ2n) is 5.60. The summed E-state index contributed by atoms with van der Waals surface area (Å²) in [5, 5.41) is 2.75. The van der Waals surface area contributed by atoms with Gasteiger partial charge in [0.1, 0.15) is 0 Å². The van der Waals surface area contributed by atoms with Gasteiger partial charge in [0.05, 0.1) is 15.1 Å². The van der Waals surface area contributed by atoms with Crippen molar-refractivity contribution in [1.82, 2.24) is 4.98 Å². The molecule has 0 saturated heterocycles. The molecule has 2 aromatic rings. The van der Waals surface area contributed by atoms with Gasteiger partial charge in [-0.3, -0.25) is 4.79 Å². The third-order valence-electron chi connectivity index (χ3n) is 3.82. The Morgan fingerprint density at radius 2 is 1.88 bits per heavy atom. The first-order chi connectivity index (χ1) is 12.3. The fourth-order valence-electron chi connectivity index (χ4n) is 2.23. The van der Waals surface area contributed by atoms with Crippen LogP contribution < -0.4 is 5.32 Å². The van der Waals surface area contributed by atoms with Gasteiger partial charge in [0.15, 0.2) is 12.3 Å². The predicted octanol–water partition coefficient (Wildman–Crippen LogP) is 5.35. The van der Waals surface area contributed by atoms with Crippen molar-refractivity contribution in [2.75, 3.05) is 11.9 Å². The topological polar surface area (TPSA) is 68.3 Å². The van der Waals surface area contributed by atoms with Crippen molar-refractivity contribution in [1.29, 1.82) is 0 Å². The highest BCUT2D eigenvalue weighted by atomic mass is 35.5. The number of carbonyl (C=O) groups is 2. The van der Waals surface area contributed by atoms with Crippen LogP contribution in [0.4, 0.5) is 5.69 Å². The van der Waals surface area contributed by atoms with Crippen LogP contribution in [0.5, 0.6) is 0 Å². The predicted molar refractivity (Wildman–Crippen MR) is 103 cm³/mol. The normalized spacial score (nSPS) is 11.7. The number of benzene rings is 1. The van der Waals surface area contributed by atoms with Crippen LogP contribution in [0.1, 0.15) is 42.2 Å². The number of rotatable bonds is 6. The molecule has 0 saturated carbocycles. The maximum atomic E-state index is 12.1. The van der Waals surface area contributed by atoms with Crippen LogP contribution in [0.3, 0.4) is 0 Å². The van der Waals surface area contributed by atoms with Crippen LogP contribution in [-0.4, -0.2) is 23.5 Å². The Hall–Kier alpha value is -1.82. The average Bonchev–Trinajstić information content (AvgIpc) is 2.64. The Morgan fingerprint density at radius 3 is 2.58 bits per heavy atom. The average molecular weight is 416 g/mol. The highest BCUT2D eigenvalue weighted by Gasteiger charge is 2.20. The molecule has 1 atom stereocenters. The van der Waals surface area contributed by atoms with Gasteiger partial charge in [-0.1, -0.05) is 66.8 Å². The van der Waals surface area contributed by atoms with Gasteiger partial charge >= 0.3 is 5.97 Å². The summed E-state index contributed by atoms with van der Waals surface area (Å²) in [6.07, 6.45) is 2.12. The van der Waals surface area contributed by atoms with E-state index in [1.807, 2.05) is 18.2 Å². The molecule has 0 aliphatic rings. The van der Waals surface area contributed by atoms with E-state index in [1.54, 1.807) is 6.07 Å². The van der Waals surface area contributed by atoms with Crippen LogP contribution in [-0.2, 0) is 9.53 Å². The third kappa shape index (κ3) is 4.87. The molecule has 0 radical (unpaired) electrons. The molecule has 0 spiro atoms. The number of nitrogens with one attached hydrogen (secondary N) is 1. The number of amides is 1. The van der Waals surface area contributed by atoms with Crippen molar-refractivity contribution in [2.45, 2.75) is 26.2 Å². The number of anilines is 1. The van der Waals surface area contributed by atoms with Gasteiger partial charge in [-0.25, -0.2) is 9.78 Å². The van der Waals surface area contributed by atoms with Gasteiger partial charge < -0.3 is 10.1 Å². The van der Waals surface area contributed by atoms with E-state index in [0.29, 0.717) is 5.69 Å². The minimum absolute atomic E-state index is 0.00205. The molecule has 1 amide bonds. The minimum atomic E-state index is -0.862. The molecule has 5 nitrogen and oxygen atoms in total. The van der Waals surface area contributed by atoms with Gasteiger partial charge in [-0.15, -0.1) is 0 Å². The van der Waals surface area contributed by atoms with Crippen LogP contribution in [0, 0.1) is 0 Å². The van der Waals surface area contributed by atoms with Gasteiger partial charge in [-0.2, -0.15) is 0 Å². The summed E-state index contributed by atoms with van der Waals surface area (Å²) in [5.74, 6) is -1.04. The number of halogens is 3. The zero-order chi connectivity index (χ0) is 19.3. The summed E-state index contributed by atoms with van der Waals surface area (Å²) >= 11 is 17.6. The highest BCUT2D eigenvalue weighted by molar-refractivity contribution is 6.48. The van der Waals surface area contributed by atoms with Gasteiger partial charge in [0.25, 0.3) is 5.91 Å². The molecule has 0 unspecified atom stereocenters. The molecule has 1 heterocycles. The first kappa shape index (κ1) is 20.5. The lowest BCUT2D eigenvalue weighted by Gasteiger charge is -2.15. The summed E-state index contributed by atoms with van der Waals surface area (Å²) in [7, 11) is 0. The Balaban J connectivity index is 2.02. The number of carbonyl (C=O) groups excluding carboxylic acids is 2. The lowest BCUT2D eigenvalue weighted by atomic mass is 9.97. The van der Waals surface area contributed by atoms with E-state index < -0.39 is 18.5 Å². The first-order valence-electron chi connectivity index (χ1n) is 7.90. The van der Waals surface area contributed by atoms with Crippen molar-refractivity contribution in [3.05, 3.63) is 56.8 Å². The summed E-state index contributed by atoms with van der Waals surface area (Å²) in [6.45, 7) is 3.66. The summed E-state index contributed by atoms with van der Waals surface area (Å²) in [6, 6.07) is 7.50. The fraction of sp³-hybridized carbons (Fsp3) is 0.278. The molecule has 8 heteroatoms. The van der Waals surface area contributed by atoms with E-state index in [0.717, 1.165) is 12.0 Å². The number of hydrogen-bond donors (Lipinski definition) is 1. The van der Waals surface area contributed by atoms with Crippen molar-refractivity contribution < 1.29 is 14.3 Å². The number of pyridine rings is 1. The van der Waals surface area contributed by atoms with Crippen molar-refractivity contribution in [2.24, 2.45) is 0 Å². The molecule has 1 N–H and O–H groups in total. The molecule has 0 bridgehead atoms. The number of aromatic nitrogens is 1. The SMILES string of the molecule is CC[C@H](C)c1ccccc1NC(=O)COC(=O)c1ncc(Cl)c(Cl)c1Cl. The molecule has 138 valence electrons. The number of ether oxygens (including phenoxy) is 1. The molecular weight excluding hydrogens is 399 g/mol. The quantitative estimate of drug-likeness (QED) is 0.646. The van der Waals surface area contributed by atoms with E-state index >= 15 is 0 Å². The van der Waals surface area contributed by atoms with Gasteiger partial charge in [0, 0.05) is 11.9 Å². The number of para-hydroxylation sites is 1. The molecule has 1 aromatic carbocycles. The molecule has 0 aliphatic heterocycles. The monoisotopic (exact) mass is 414 g/mol. The maximum absolute atomic E-state index is 12.1. The Labute approximate surface area is 166 Å². The summed E-state index contributed by atoms with van der Waals surface area (Å²) in [4.78, 5) is 28.0. The molecule has 0 fully saturated rings. The van der Waals surface area contributed by atoms with Gasteiger partial charge in [0.2, 0.25) is 0 Å². The fourth-order valence-corrected chi connectivity index (χ4v) is 2.79. The number of nitrogens with zero attached hydrogens (tertiary/aromatic N) is 1. The standard InChI is InChI=1S/C18H17Cl3N2O3/c1-3-10(2)11-6-4-5-7-13(11)23-14(24)9-26-18(25)17-16(21)15(20)12(19)8-22-17/h4-8,10H,3,9H2,1-2H3,(H,23,24)/t10-/m0/s1. The van der Waals surface area contributed by atoms with Crippen LogP contribution in [0.25, 0.3) is 0 Å². The van der Waals surface area contributed by atoms with Gasteiger partial charge in [-0.05, 0) is 24.0 Å². The Kier molecular flexibility index (Phi) is 7.26. The summed E-state index contributed by atoms with van der Waals surface area (Å²) < 4.78 is 4.96. The van der Waals surface area contributed by atoms with Crippen LogP contribution >= 0.6 is 34.8 Å². The minimum Gasteiger partial charge on any atom is -0.451 e. The number of hydrogen-bond acceptors (Lipinski definition) is 4. The molecule has 2 rings (SSSR count). The summed E-state index contributed by atoms with van der Waals surface area (Å²) in [5.41, 5.74) is 1.51. The second-order valence-corrected chi connectivity index (χ2v) is 6.77. The highest BCUT2D eigenvalue weighted by Crippen LogP contribution is 2.31. The van der Waals surface area contributed by atoms with Crippen LogP contribution in [0.15, 0.2) is 30.5 Å². The zero-order valence-corrected chi connectivity index (χ0v) is 16.5. The lowest BCUT2D eigenvalue weighted by molar-refractivity contribution is -0.119. The zero-order valence-electron chi connectivity index (χ0n) is 14.2. The maximum Gasteiger partial charge on any atom is 0.359 e. The van der Waals surface area contributed by atoms with E-state index in [4.69, 9.17) is 39.5 Å².